The second-order valence-corrected chi connectivity index (χ2v) is 5.40. The van der Waals surface area contributed by atoms with Gasteiger partial charge in [-0.1, -0.05) is 18.2 Å². The van der Waals surface area contributed by atoms with E-state index in [-0.39, 0.29) is 23.9 Å². The lowest BCUT2D eigenvalue weighted by Gasteiger charge is -2.18. The van der Waals surface area contributed by atoms with Gasteiger partial charge in [0, 0.05) is 24.1 Å². The summed E-state index contributed by atoms with van der Waals surface area (Å²) >= 11 is 0. The van der Waals surface area contributed by atoms with Crippen LogP contribution < -0.4 is 5.32 Å². The average Bonchev–Trinajstić information content (AvgIpc) is 2.68. The predicted octanol–water partition coefficient (Wildman–Crippen LogP) is 2.28. The van der Waals surface area contributed by atoms with Crippen molar-refractivity contribution in [3.63, 3.8) is 0 Å². The minimum absolute atomic E-state index is 0.0244. The fraction of sp³-hybridized carbons (Fsp3) is 0.500. The van der Waals surface area contributed by atoms with Crippen LogP contribution in [0.4, 0.5) is 0 Å². The van der Waals surface area contributed by atoms with Crippen molar-refractivity contribution in [2.45, 2.75) is 38.7 Å². The molecule has 0 spiro atoms. The highest BCUT2D eigenvalue weighted by Gasteiger charge is 2.37. The van der Waals surface area contributed by atoms with Gasteiger partial charge in [0.15, 0.2) is 0 Å². The minimum atomic E-state index is -0.311. The fourth-order valence-corrected chi connectivity index (χ4v) is 2.74. The maximum absolute atomic E-state index is 11.8. The van der Waals surface area contributed by atoms with Gasteiger partial charge in [-0.2, -0.15) is 0 Å². The molecule has 0 aromatic carbocycles. The molecule has 0 unspecified atom stereocenters. The van der Waals surface area contributed by atoms with Crippen molar-refractivity contribution in [3.8, 4) is 0 Å². The minimum Gasteiger partial charge on any atom is -0.454 e. The molecule has 2 rings (SSSR count). The molecule has 0 bridgehead atoms. The topological polar surface area (TPSA) is 55.4 Å². The van der Waals surface area contributed by atoms with Gasteiger partial charge in [-0.25, -0.2) is 4.79 Å². The van der Waals surface area contributed by atoms with Crippen LogP contribution in [0, 0.1) is 5.92 Å². The smallest absolute Gasteiger partial charge is 0.334 e. The number of fused-ring (bicyclic) bond motifs is 1. The van der Waals surface area contributed by atoms with Crippen LogP contribution in [0.1, 0.15) is 32.6 Å². The van der Waals surface area contributed by atoms with E-state index in [1.807, 2.05) is 19.1 Å². The number of carbonyl (C=O) groups is 2. The zero-order valence-corrected chi connectivity index (χ0v) is 12.1. The summed E-state index contributed by atoms with van der Waals surface area (Å²) < 4.78 is 5.37. The van der Waals surface area contributed by atoms with Crippen molar-refractivity contribution in [3.05, 3.63) is 35.5 Å². The number of allylic oxidation sites excluding steroid dienone is 2. The van der Waals surface area contributed by atoms with Crippen molar-refractivity contribution in [1.29, 1.82) is 0 Å². The highest BCUT2D eigenvalue weighted by atomic mass is 16.5. The molecule has 2 aliphatic rings. The first-order valence-electron chi connectivity index (χ1n) is 7.01. The van der Waals surface area contributed by atoms with Gasteiger partial charge in [0.25, 0.3) is 0 Å². The lowest BCUT2D eigenvalue weighted by Crippen LogP contribution is -2.22. The van der Waals surface area contributed by atoms with Crippen molar-refractivity contribution in [1.82, 2.24) is 5.32 Å². The Morgan fingerprint density at radius 1 is 1.45 bits per heavy atom. The molecule has 1 heterocycles. The number of esters is 1. The van der Waals surface area contributed by atoms with E-state index >= 15 is 0 Å². The van der Waals surface area contributed by atoms with E-state index in [9.17, 15) is 9.59 Å². The molecule has 108 valence electrons. The molecule has 0 aromatic heterocycles. The van der Waals surface area contributed by atoms with Crippen molar-refractivity contribution in [2.75, 3.05) is 7.05 Å². The zero-order valence-electron chi connectivity index (χ0n) is 12.1. The maximum Gasteiger partial charge on any atom is 0.334 e. The van der Waals surface area contributed by atoms with Gasteiger partial charge in [-0.15, -0.1) is 0 Å². The van der Waals surface area contributed by atoms with Crippen LogP contribution in [0.25, 0.3) is 0 Å². The van der Waals surface area contributed by atoms with Gasteiger partial charge in [-0.05, 0) is 38.7 Å². The third-order valence-corrected chi connectivity index (χ3v) is 3.97. The first-order chi connectivity index (χ1) is 9.52. The largest absolute Gasteiger partial charge is 0.454 e. The van der Waals surface area contributed by atoms with Crippen molar-refractivity contribution < 1.29 is 14.3 Å². The summed E-state index contributed by atoms with van der Waals surface area (Å²) in [7, 11) is 1.64. The van der Waals surface area contributed by atoms with E-state index in [4.69, 9.17) is 4.74 Å². The van der Waals surface area contributed by atoms with Gasteiger partial charge in [0.05, 0.1) is 0 Å². The zero-order chi connectivity index (χ0) is 14.7. The normalized spacial score (nSPS) is 27.1. The molecule has 1 N–H and O–H groups in total. The highest BCUT2D eigenvalue weighted by molar-refractivity contribution is 5.93. The van der Waals surface area contributed by atoms with E-state index in [2.05, 4.69) is 11.9 Å². The lowest BCUT2D eigenvalue weighted by atomic mass is 9.87. The Morgan fingerprint density at radius 2 is 2.20 bits per heavy atom. The number of rotatable bonds is 1. The quantitative estimate of drug-likeness (QED) is 0.454. The van der Waals surface area contributed by atoms with Gasteiger partial charge in [0.1, 0.15) is 6.10 Å². The molecular weight excluding hydrogens is 254 g/mol. The summed E-state index contributed by atoms with van der Waals surface area (Å²) in [5, 5.41) is 2.67. The third kappa shape index (κ3) is 3.00. The average molecular weight is 275 g/mol. The van der Waals surface area contributed by atoms with Crippen LogP contribution >= 0.6 is 0 Å². The number of hydrogen-bond acceptors (Lipinski definition) is 3. The standard InChI is InChI=1S/C16H21NO3/c1-10-5-4-6-12(15(18)17-3)7-8-13-11(2)16(19)20-14(13)9-10/h6,9,13-14H,2,4-5,7-8H2,1,3H3,(H,17,18)/t13-,14-/m1/s1. The Hall–Kier alpha value is -1.84. The van der Waals surface area contributed by atoms with Crippen LogP contribution in [-0.4, -0.2) is 25.0 Å². The number of likely N-dealkylation sites (N-methyl/N-ethyl adjacent to an activating group) is 1. The first kappa shape index (κ1) is 14.6. The number of hydrogen-bond donors (Lipinski definition) is 1. The lowest BCUT2D eigenvalue weighted by molar-refractivity contribution is -0.137. The SMILES string of the molecule is C=C1C(=O)O[C@@H]2C=C(C)CCC=C(C(=O)NC)CC[C@H]12. The molecule has 4 heteroatoms. The summed E-state index contributed by atoms with van der Waals surface area (Å²) in [6, 6.07) is 0. The molecule has 1 aliphatic carbocycles. The Bertz CT molecular complexity index is 502. The Kier molecular flexibility index (Phi) is 4.42. The second-order valence-electron chi connectivity index (χ2n) is 5.40. The fourth-order valence-electron chi connectivity index (χ4n) is 2.74. The summed E-state index contributed by atoms with van der Waals surface area (Å²) in [4.78, 5) is 23.5. The molecule has 4 nitrogen and oxygen atoms in total. The van der Waals surface area contributed by atoms with Crippen LogP contribution in [-0.2, 0) is 14.3 Å². The van der Waals surface area contributed by atoms with E-state index in [1.165, 1.54) is 5.57 Å². The van der Waals surface area contributed by atoms with E-state index < -0.39 is 0 Å². The summed E-state index contributed by atoms with van der Waals surface area (Å²) in [6.07, 6.45) is 6.85. The summed E-state index contributed by atoms with van der Waals surface area (Å²) in [5.74, 6) is -0.378. The molecule has 1 amide bonds. The van der Waals surface area contributed by atoms with Crippen molar-refractivity contribution >= 4 is 11.9 Å². The van der Waals surface area contributed by atoms with Crippen molar-refractivity contribution in [2.24, 2.45) is 5.92 Å². The molecule has 2 atom stereocenters. The van der Waals surface area contributed by atoms with Gasteiger partial charge in [-0.3, -0.25) is 4.79 Å². The molecule has 0 saturated carbocycles. The summed E-state index contributed by atoms with van der Waals surface area (Å²) in [5.41, 5.74) is 2.49. The molecule has 1 saturated heterocycles. The first-order valence-corrected chi connectivity index (χ1v) is 7.01. The molecular formula is C16H21NO3. The van der Waals surface area contributed by atoms with Crippen LogP contribution in [0.5, 0.6) is 0 Å². The van der Waals surface area contributed by atoms with Crippen LogP contribution in [0.3, 0.4) is 0 Å². The number of ether oxygens (including phenoxy) is 1. The maximum atomic E-state index is 11.8. The number of amides is 1. The monoisotopic (exact) mass is 275 g/mol. The van der Waals surface area contributed by atoms with Gasteiger partial charge >= 0.3 is 5.97 Å². The summed E-state index contributed by atoms with van der Waals surface area (Å²) in [6.45, 7) is 5.87. The van der Waals surface area contributed by atoms with Crippen LogP contribution in [0.2, 0.25) is 0 Å². The van der Waals surface area contributed by atoms with E-state index in [1.54, 1.807) is 7.05 Å². The van der Waals surface area contributed by atoms with Gasteiger partial charge < -0.3 is 10.1 Å². The Balaban J connectivity index is 2.24. The Morgan fingerprint density at radius 3 is 2.90 bits per heavy atom. The molecule has 20 heavy (non-hydrogen) atoms. The molecule has 1 aliphatic heterocycles. The van der Waals surface area contributed by atoms with E-state index in [0.29, 0.717) is 18.4 Å². The van der Waals surface area contributed by atoms with Crippen LogP contribution in [0.15, 0.2) is 35.5 Å². The third-order valence-electron chi connectivity index (χ3n) is 3.97. The van der Waals surface area contributed by atoms with Gasteiger partial charge in [0.2, 0.25) is 5.91 Å². The number of carbonyl (C=O) groups excluding carboxylic acids is 2. The second kappa shape index (κ2) is 6.07. The molecule has 0 aromatic rings. The Labute approximate surface area is 119 Å². The highest BCUT2D eigenvalue weighted by Crippen LogP contribution is 2.34. The van der Waals surface area contributed by atoms with E-state index in [0.717, 1.165) is 18.4 Å². The predicted molar refractivity (Wildman–Crippen MR) is 76.9 cm³/mol. The number of nitrogens with one attached hydrogen (secondary N) is 1. The molecule has 1 fully saturated rings. The molecule has 0 radical (unpaired) electrons.